The van der Waals surface area contributed by atoms with Crippen molar-refractivity contribution in [3.63, 3.8) is 0 Å². The van der Waals surface area contributed by atoms with Crippen LogP contribution in [0.25, 0.3) is 0 Å². The van der Waals surface area contributed by atoms with Crippen molar-refractivity contribution in [2.75, 3.05) is 27.5 Å². The summed E-state index contributed by atoms with van der Waals surface area (Å²) in [5.41, 5.74) is 5.12. The van der Waals surface area contributed by atoms with Crippen molar-refractivity contribution in [1.29, 1.82) is 0 Å². The molecular formula is C19H20NO4+. The average molecular weight is 326 g/mol. The quantitative estimate of drug-likeness (QED) is 0.819. The molecule has 1 unspecified atom stereocenters. The van der Waals surface area contributed by atoms with E-state index in [0.717, 1.165) is 35.4 Å². The predicted molar refractivity (Wildman–Crippen MR) is 90.0 cm³/mol. The molecule has 0 aromatic heterocycles. The van der Waals surface area contributed by atoms with Crippen LogP contribution >= 0.6 is 0 Å². The van der Waals surface area contributed by atoms with Gasteiger partial charge in [-0.3, -0.25) is 4.48 Å². The summed E-state index contributed by atoms with van der Waals surface area (Å²) in [7, 11) is 3.88. The minimum atomic E-state index is 0.217. The Hall–Kier alpha value is -2.40. The monoisotopic (exact) mass is 326 g/mol. The van der Waals surface area contributed by atoms with Gasteiger partial charge in [-0.25, -0.2) is 0 Å². The number of aromatic hydroxyl groups is 1. The van der Waals surface area contributed by atoms with Crippen molar-refractivity contribution >= 4 is 5.69 Å². The second kappa shape index (κ2) is 4.57. The lowest BCUT2D eigenvalue weighted by molar-refractivity contribution is 0.173. The van der Waals surface area contributed by atoms with Gasteiger partial charge in [0.15, 0.2) is 23.0 Å². The molecule has 0 fully saturated rings. The van der Waals surface area contributed by atoms with E-state index in [1.165, 1.54) is 22.4 Å². The lowest BCUT2D eigenvalue weighted by Crippen LogP contribution is -2.50. The Morgan fingerprint density at radius 3 is 2.71 bits per heavy atom. The van der Waals surface area contributed by atoms with Gasteiger partial charge in [0.25, 0.3) is 0 Å². The number of phenolic OH excluding ortho intramolecular Hbond substituents is 1. The highest BCUT2D eigenvalue weighted by Gasteiger charge is 2.48. The Morgan fingerprint density at radius 2 is 1.92 bits per heavy atom. The summed E-state index contributed by atoms with van der Waals surface area (Å²) >= 11 is 0. The van der Waals surface area contributed by atoms with Crippen LogP contribution in [0, 0.1) is 0 Å². The van der Waals surface area contributed by atoms with Crippen LogP contribution in [0.15, 0.2) is 24.3 Å². The molecule has 2 atom stereocenters. The third-order valence-corrected chi connectivity index (χ3v) is 5.87. The molecule has 2 aromatic carbocycles. The second-order valence-corrected chi connectivity index (χ2v) is 7.02. The zero-order valence-corrected chi connectivity index (χ0v) is 13.8. The summed E-state index contributed by atoms with van der Waals surface area (Å²) in [6.45, 7) is 1.33. The van der Waals surface area contributed by atoms with Gasteiger partial charge >= 0.3 is 0 Å². The number of fused-ring (bicyclic) bond motifs is 6. The van der Waals surface area contributed by atoms with Crippen LogP contribution in [0.3, 0.4) is 0 Å². The molecule has 0 amide bonds. The lowest BCUT2D eigenvalue weighted by Gasteiger charge is -2.41. The molecule has 1 N–H and O–H groups in total. The highest BCUT2D eigenvalue weighted by molar-refractivity contribution is 5.66. The number of methoxy groups -OCH3 is 1. The van der Waals surface area contributed by atoms with Gasteiger partial charge in [-0.2, -0.15) is 0 Å². The van der Waals surface area contributed by atoms with E-state index in [1.807, 2.05) is 12.1 Å². The molecule has 3 heterocycles. The SMILES string of the molecule is COc1cc2c(cc1O)[C@H]1Cc3cc4c(cc3[N+]1(C)CC2)OCO4. The number of likely N-dealkylation sites (N-methyl/N-ethyl adjacent to an activating group) is 1. The number of ether oxygens (including phenoxy) is 3. The van der Waals surface area contributed by atoms with Crippen molar-refractivity contribution in [3.05, 3.63) is 41.0 Å². The summed E-state index contributed by atoms with van der Waals surface area (Å²) < 4.78 is 17.2. The number of quaternary nitrogens is 1. The normalized spacial score (nSPS) is 25.8. The minimum Gasteiger partial charge on any atom is -0.504 e. The Labute approximate surface area is 140 Å². The largest absolute Gasteiger partial charge is 0.504 e. The number of hydrogen-bond acceptors (Lipinski definition) is 4. The topological polar surface area (TPSA) is 47.9 Å². The molecule has 0 bridgehead atoms. The van der Waals surface area contributed by atoms with Gasteiger partial charge in [0.05, 0.1) is 20.7 Å². The van der Waals surface area contributed by atoms with Gasteiger partial charge in [0.1, 0.15) is 11.7 Å². The first-order valence-electron chi connectivity index (χ1n) is 8.28. The van der Waals surface area contributed by atoms with Crippen molar-refractivity contribution in [3.8, 4) is 23.0 Å². The van der Waals surface area contributed by atoms with Gasteiger partial charge in [0.2, 0.25) is 6.79 Å². The fourth-order valence-corrected chi connectivity index (χ4v) is 4.55. The summed E-state index contributed by atoms with van der Waals surface area (Å²) in [6.07, 6.45) is 1.91. The second-order valence-electron chi connectivity index (χ2n) is 7.02. The van der Waals surface area contributed by atoms with E-state index in [-0.39, 0.29) is 5.75 Å². The molecule has 0 saturated carbocycles. The molecule has 0 saturated heterocycles. The summed E-state index contributed by atoms with van der Waals surface area (Å²) in [5, 5.41) is 10.3. The molecule has 124 valence electrons. The van der Waals surface area contributed by atoms with Crippen LogP contribution in [0.5, 0.6) is 23.0 Å². The summed E-state index contributed by atoms with van der Waals surface area (Å²) in [4.78, 5) is 0. The number of rotatable bonds is 1. The average Bonchev–Trinajstić information content (AvgIpc) is 3.14. The number of phenols is 1. The van der Waals surface area contributed by atoms with Crippen LogP contribution in [0.2, 0.25) is 0 Å². The Balaban J connectivity index is 1.65. The maximum absolute atomic E-state index is 10.3. The highest BCUT2D eigenvalue weighted by Crippen LogP contribution is 2.53. The Bertz CT molecular complexity index is 863. The fourth-order valence-electron chi connectivity index (χ4n) is 4.55. The van der Waals surface area contributed by atoms with Gasteiger partial charge in [-0.05, 0) is 23.8 Å². The van der Waals surface area contributed by atoms with E-state index in [4.69, 9.17) is 14.2 Å². The van der Waals surface area contributed by atoms with Crippen molar-refractivity contribution in [2.24, 2.45) is 0 Å². The van der Waals surface area contributed by atoms with Crippen molar-refractivity contribution in [2.45, 2.75) is 18.9 Å². The Morgan fingerprint density at radius 1 is 1.12 bits per heavy atom. The van der Waals surface area contributed by atoms with Crippen molar-refractivity contribution in [1.82, 2.24) is 4.48 Å². The van der Waals surface area contributed by atoms with Gasteiger partial charge in [-0.1, -0.05) is 0 Å². The summed E-state index contributed by atoms with van der Waals surface area (Å²) in [6, 6.07) is 8.46. The van der Waals surface area contributed by atoms with Crippen LogP contribution in [0.4, 0.5) is 5.69 Å². The molecule has 0 aliphatic carbocycles. The van der Waals surface area contributed by atoms with Crippen LogP contribution in [-0.4, -0.2) is 32.6 Å². The molecule has 3 aliphatic heterocycles. The van der Waals surface area contributed by atoms with Gasteiger partial charge in [0, 0.05) is 30.0 Å². The van der Waals surface area contributed by atoms with Gasteiger partial charge < -0.3 is 19.3 Å². The molecule has 5 nitrogen and oxygen atoms in total. The number of hydrogen-bond donors (Lipinski definition) is 1. The molecule has 2 aromatic rings. The molecular weight excluding hydrogens is 306 g/mol. The van der Waals surface area contributed by atoms with Gasteiger partial charge in [-0.15, -0.1) is 0 Å². The molecule has 5 rings (SSSR count). The third-order valence-electron chi connectivity index (χ3n) is 5.87. The van der Waals surface area contributed by atoms with Crippen LogP contribution < -0.4 is 18.7 Å². The minimum absolute atomic E-state index is 0.217. The third kappa shape index (κ3) is 1.68. The maximum atomic E-state index is 10.3. The van der Waals surface area contributed by atoms with E-state index in [1.54, 1.807) is 7.11 Å². The first-order valence-corrected chi connectivity index (χ1v) is 8.28. The standard InChI is InChI=1S/C19H19NO4/c1-20-4-3-11-6-17(22-2)16(21)8-13(11)15(20)5-12-7-18-19(9-14(12)20)24-10-23-18/h6-9,15H,3-5,10H2,1-2H3/p+1/t15-,20?/m1/s1. The van der Waals surface area contributed by atoms with Crippen LogP contribution in [0.1, 0.15) is 22.7 Å². The molecule has 24 heavy (non-hydrogen) atoms. The predicted octanol–water partition coefficient (Wildman–Crippen LogP) is 2.92. The summed E-state index contributed by atoms with van der Waals surface area (Å²) in [5.74, 6) is 2.46. The first-order chi connectivity index (χ1) is 11.6. The first kappa shape index (κ1) is 14.0. The van der Waals surface area contributed by atoms with E-state index in [0.29, 0.717) is 18.6 Å². The lowest BCUT2D eigenvalue weighted by atomic mass is 9.90. The molecule has 3 aliphatic rings. The maximum Gasteiger partial charge on any atom is 0.231 e. The van der Waals surface area contributed by atoms with Crippen LogP contribution in [-0.2, 0) is 12.8 Å². The zero-order valence-electron chi connectivity index (χ0n) is 13.8. The zero-order chi connectivity index (χ0) is 16.5. The highest BCUT2D eigenvalue weighted by atomic mass is 16.7. The molecule has 0 radical (unpaired) electrons. The number of nitrogens with zero attached hydrogens (tertiary/aromatic N) is 1. The van der Waals surface area contributed by atoms with E-state index in [9.17, 15) is 5.11 Å². The number of benzene rings is 2. The molecule has 0 spiro atoms. The van der Waals surface area contributed by atoms with E-state index >= 15 is 0 Å². The van der Waals surface area contributed by atoms with E-state index < -0.39 is 0 Å². The Kier molecular flexibility index (Phi) is 2.66. The fraction of sp³-hybridized carbons (Fsp3) is 0.368. The van der Waals surface area contributed by atoms with E-state index in [2.05, 4.69) is 19.2 Å². The van der Waals surface area contributed by atoms with Crippen molar-refractivity contribution < 1.29 is 19.3 Å². The molecule has 5 heteroatoms. The smallest absolute Gasteiger partial charge is 0.231 e.